The third-order valence-corrected chi connectivity index (χ3v) is 6.63. The molecule has 0 fully saturated rings. The summed E-state index contributed by atoms with van der Waals surface area (Å²) >= 11 is 3.02. The summed E-state index contributed by atoms with van der Waals surface area (Å²) in [4.78, 5) is 31.9. The zero-order valence-electron chi connectivity index (χ0n) is 14.3. The molecule has 5 nitrogen and oxygen atoms in total. The van der Waals surface area contributed by atoms with Gasteiger partial charge in [0.05, 0.1) is 10.6 Å². The molecule has 2 heterocycles. The quantitative estimate of drug-likeness (QED) is 0.653. The smallest absolute Gasteiger partial charge is 0.263 e. The minimum Gasteiger partial charge on any atom is -0.355 e. The van der Waals surface area contributed by atoms with Crippen molar-refractivity contribution in [3.8, 4) is 0 Å². The zero-order valence-corrected chi connectivity index (χ0v) is 16.0. The number of amides is 1. The second kappa shape index (κ2) is 7.27. The highest BCUT2D eigenvalue weighted by molar-refractivity contribution is 8.00. The third-order valence-electron chi connectivity index (χ3n) is 4.36. The van der Waals surface area contributed by atoms with Gasteiger partial charge in [0.1, 0.15) is 4.83 Å². The highest BCUT2D eigenvalue weighted by Gasteiger charge is 2.23. The van der Waals surface area contributed by atoms with Crippen LogP contribution < -0.4 is 10.9 Å². The van der Waals surface area contributed by atoms with E-state index >= 15 is 0 Å². The van der Waals surface area contributed by atoms with Crippen LogP contribution in [-0.4, -0.2) is 27.3 Å². The molecule has 7 heteroatoms. The molecule has 0 saturated heterocycles. The fourth-order valence-corrected chi connectivity index (χ4v) is 5.42. The number of hydrogen-bond acceptors (Lipinski definition) is 5. The first-order valence-electron chi connectivity index (χ1n) is 8.56. The van der Waals surface area contributed by atoms with Gasteiger partial charge in [-0.05, 0) is 52.0 Å². The summed E-state index contributed by atoms with van der Waals surface area (Å²) in [7, 11) is 0. The van der Waals surface area contributed by atoms with Gasteiger partial charge in [-0.2, -0.15) is 0 Å². The number of rotatable bonds is 5. The van der Waals surface area contributed by atoms with Crippen molar-refractivity contribution in [2.24, 2.45) is 0 Å². The van der Waals surface area contributed by atoms with Gasteiger partial charge in [-0.25, -0.2) is 4.98 Å². The number of carbonyl (C=O) groups excluding carboxylic acids is 1. The molecule has 1 atom stereocenters. The number of hydrogen-bond donors (Lipinski definition) is 1. The molecular weight excluding hydrogens is 342 g/mol. The lowest BCUT2D eigenvalue weighted by atomic mass is 9.97. The Balaban J connectivity index is 2.05. The first-order valence-corrected chi connectivity index (χ1v) is 10.3. The van der Waals surface area contributed by atoms with Gasteiger partial charge in [0.25, 0.3) is 5.56 Å². The van der Waals surface area contributed by atoms with Crippen LogP contribution in [0.4, 0.5) is 0 Å². The van der Waals surface area contributed by atoms with Crippen molar-refractivity contribution in [1.82, 2.24) is 14.9 Å². The van der Waals surface area contributed by atoms with E-state index in [0.29, 0.717) is 18.2 Å². The Kier molecular flexibility index (Phi) is 5.30. The van der Waals surface area contributed by atoms with E-state index < -0.39 is 0 Å². The van der Waals surface area contributed by atoms with Gasteiger partial charge in [-0.1, -0.05) is 11.8 Å². The summed E-state index contributed by atoms with van der Waals surface area (Å²) in [6.45, 7) is 6.88. The average Bonchev–Trinajstić information content (AvgIpc) is 2.93. The van der Waals surface area contributed by atoms with Gasteiger partial charge in [0.15, 0.2) is 5.16 Å². The maximum absolute atomic E-state index is 13.0. The van der Waals surface area contributed by atoms with E-state index in [0.717, 1.165) is 29.5 Å². The van der Waals surface area contributed by atoms with Crippen molar-refractivity contribution in [3.05, 3.63) is 20.8 Å². The van der Waals surface area contributed by atoms with E-state index in [2.05, 4.69) is 5.32 Å². The molecule has 1 aliphatic carbocycles. The highest BCUT2D eigenvalue weighted by atomic mass is 32.2. The monoisotopic (exact) mass is 365 g/mol. The first kappa shape index (κ1) is 17.5. The molecular formula is C17H23N3O2S2. The van der Waals surface area contributed by atoms with E-state index in [1.54, 1.807) is 15.9 Å². The van der Waals surface area contributed by atoms with Crippen molar-refractivity contribution in [2.75, 3.05) is 6.54 Å². The maximum atomic E-state index is 13.0. The van der Waals surface area contributed by atoms with Crippen LogP contribution in [0, 0.1) is 0 Å². The molecule has 130 valence electrons. The van der Waals surface area contributed by atoms with Gasteiger partial charge in [0.2, 0.25) is 5.91 Å². The van der Waals surface area contributed by atoms with Gasteiger partial charge in [-0.15, -0.1) is 11.3 Å². The van der Waals surface area contributed by atoms with Crippen molar-refractivity contribution < 1.29 is 4.79 Å². The molecule has 3 rings (SSSR count). The molecule has 1 amide bonds. The van der Waals surface area contributed by atoms with Crippen LogP contribution in [0.5, 0.6) is 0 Å². The SMILES string of the molecule is CCNC(=O)[C@H](C)Sc1nc2sc3c(c2c(=O)n1CC)CCCC3. The van der Waals surface area contributed by atoms with E-state index in [1.165, 1.54) is 28.6 Å². The van der Waals surface area contributed by atoms with Gasteiger partial charge in [-0.3, -0.25) is 14.2 Å². The Morgan fingerprint density at radius 1 is 1.38 bits per heavy atom. The number of nitrogens with one attached hydrogen (secondary N) is 1. The largest absolute Gasteiger partial charge is 0.355 e. The summed E-state index contributed by atoms with van der Waals surface area (Å²) in [5.41, 5.74) is 1.27. The number of aryl methyl sites for hydroxylation is 2. The Bertz CT molecular complexity index is 825. The van der Waals surface area contributed by atoms with E-state index in [4.69, 9.17) is 4.98 Å². The molecule has 0 aromatic carbocycles. The van der Waals surface area contributed by atoms with Crippen LogP contribution in [0.25, 0.3) is 10.2 Å². The fraction of sp³-hybridized carbons (Fsp3) is 0.588. The van der Waals surface area contributed by atoms with Crippen LogP contribution in [0.1, 0.15) is 44.1 Å². The molecule has 0 aliphatic heterocycles. The van der Waals surface area contributed by atoms with Gasteiger partial charge in [0, 0.05) is 18.0 Å². The van der Waals surface area contributed by atoms with Crippen LogP contribution >= 0.6 is 23.1 Å². The van der Waals surface area contributed by atoms with Crippen molar-refractivity contribution in [2.45, 2.75) is 63.4 Å². The molecule has 0 unspecified atom stereocenters. The Labute approximate surface area is 149 Å². The van der Waals surface area contributed by atoms with E-state index in [-0.39, 0.29) is 16.7 Å². The van der Waals surface area contributed by atoms with Crippen LogP contribution in [-0.2, 0) is 24.2 Å². The summed E-state index contributed by atoms with van der Waals surface area (Å²) in [5, 5.41) is 4.00. The lowest BCUT2D eigenvalue weighted by molar-refractivity contribution is -0.120. The van der Waals surface area contributed by atoms with Crippen molar-refractivity contribution >= 4 is 39.2 Å². The molecule has 2 aromatic heterocycles. The summed E-state index contributed by atoms with van der Waals surface area (Å²) in [6, 6.07) is 0. The van der Waals surface area contributed by atoms with Crippen LogP contribution in [0.15, 0.2) is 9.95 Å². The Morgan fingerprint density at radius 3 is 2.83 bits per heavy atom. The molecule has 2 aromatic rings. The Morgan fingerprint density at radius 2 is 2.12 bits per heavy atom. The molecule has 0 radical (unpaired) electrons. The minimum absolute atomic E-state index is 0.0232. The van der Waals surface area contributed by atoms with Gasteiger partial charge < -0.3 is 5.32 Å². The Hall–Kier alpha value is -1.34. The molecule has 1 aliphatic rings. The van der Waals surface area contributed by atoms with Crippen molar-refractivity contribution in [3.63, 3.8) is 0 Å². The lowest BCUT2D eigenvalue weighted by Gasteiger charge is -2.14. The predicted molar refractivity (Wildman–Crippen MR) is 100 cm³/mol. The standard InChI is InChI=1S/C17H23N3O2S2/c1-4-18-14(21)10(3)23-17-19-15-13(16(22)20(17)5-2)11-8-6-7-9-12(11)24-15/h10H,4-9H2,1-3H3,(H,18,21)/t10-/m0/s1. The second-order valence-electron chi connectivity index (χ2n) is 5.99. The fourth-order valence-electron chi connectivity index (χ4n) is 3.12. The molecule has 0 spiro atoms. The number of thiophene rings is 1. The number of fused-ring (bicyclic) bond motifs is 3. The topological polar surface area (TPSA) is 64.0 Å². The van der Waals surface area contributed by atoms with Crippen LogP contribution in [0.2, 0.25) is 0 Å². The highest BCUT2D eigenvalue weighted by Crippen LogP contribution is 2.35. The van der Waals surface area contributed by atoms with Crippen LogP contribution in [0.3, 0.4) is 0 Å². The minimum atomic E-state index is -0.276. The molecule has 24 heavy (non-hydrogen) atoms. The summed E-state index contributed by atoms with van der Waals surface area (Å²) in [5.74, 6) is -0.0232. The second-order valence-corrected chi connectivity index (χ2v) is 8.38. The summed E-state index contributed by atoms with van der Waals surface area (Å²) < 4.78 is 1.71. The first-order chi connectivity index (χ1) is 11.6. The number of aromatic nitrogens is 2. The lowest BCUT2D eigenvalue weighted by Crippen LogP contribution is -2.31. The predicted octanol–water partition coefficient (Wildman–Crippen LogP) is 2.97. The number of nitrogens with zero attached hydrogens (tertiary/aromatic N) is 2. The van der Waals surface area contributed by atoms with E-state index in [1.807, 2.05) is 20.8 Å². The normalized spacial score (nSPS) is 15.3. The maximum Gasteiger partial charge on any atom is 0.263 e. The molecule has 0 bridgehead atoms. The number of thioether (sulfide) groups is 1. The van der Waals surface area contributed by atoms with E-state index in [9.17, 15) is 9.59 Å². The summed E-state index contributed by atoms with van der Waals surface area (Å²) in [6.07, 6.45) is 4.38. The zero-order chi connectivity index (χ0) is 17.3. The average molecular weight is 366 g/mol. The third kappa shape index (κ3) is 3.11. The molecule has 0 saturated carbocycles. The van der Waals surface area contributed by atoms with Crippen molar-refractivity contribution in [1.29, 1.82) is 0 Å². The number of carbonyl (C=O) groups is 1. The van der Waals surface area contributed by atoms with Gasteiger partial charge >= 0.3 is 0 Å². The molecule has 1 N–H and O–H groups in total.